The highest BCUT2D eigenvalue weighted by atomic mass is 127. The van der Waals surface area contributed by atoms with E-state index in [4.69, 9.17) is 0 Å². The average Bonchev–Trinajstić information content (AvgIpc) is 3.16. The maximum absolute atomic E-state index is 13.5. The van der Waals surface area contributed by atoms with E-state index in [0.717, 1.165) is 34.1 Å². The molecule has 3 aromatic rings. The van der Waals surface area contributed by atoms with Crippen LogP contribution in [0, 0.1) is 12.7 Å². The Hall–Kier alpha value is -2.14. The van der Waals surface area contributed by atoms with Crippen LogP contribution in [-0.4, -0.2) is 33.8 Å². The van der Waals surface area contributed by atoms with E-state index in [2.05, 4.69) is 25.6 Å². The van der Waals surface area contributed by atoms with Crippen molar-refractivity contribution in [2.45, 2.75) is 25.8 Å². The number of pyridine rings is 1. The smallest absolute Gasteiger partial charge is 0.191 e. The van der Waals surface area contributed by atoms with Gasteiger partial charge < -0.3 is 10.6 Å². The van der Waals surface area contributed by atoms with E-state index in [1.54, 1.807) is 31.1 Å². The standard InChI is InChI=1S/C21H25FN6S.HI/c1-15-24-8-9-28(15)20-7-4-16(11-25-20)12-26-21(23-2)27-13-17-5-6-19(22)10-18(17)14-29-3;/h4-11H,12-14H2,1-3H3,(H2,23,26,27);1H. The molecule has 2 N–H and O–H groups in total. The Kier molecular flexibility index (Phi) is 9.57. The zero-order valence-corrected chi connectivity index (χ0v) is 20.4. The van der Waals surface area contributed by atoms with Gasteiger partial charge in [-0.15, -0.1) is 24.0 Å². The number of guanidine groups is 1. The van der Waals surface area contributed by atoms with Crippen molar-refractivity contribution in [3.05, 3.63) is 77.3 Å². The zero-order valence-electron chi connectivity index (χ0n) is 17.2. The second kappa shape index (κ2) is 11.9. The second-order valence-electron chi connectivity index (χ2n) is 6.49. The number of aliphatic imine (C=N–C) groups is 1. The molecule has 0 radical (unpaired) electrons. The molecule has 0 aliphatic rings. The molecule has 0 aliphatic heterocycles. The highest BCUT2D eigenvalue weighted by Gasteiger charge is 2.06. The first-order valence-electron chi connectivity index (χ1n) is 9.26. The van der Waals surface area contributed by atoms with Crippen molar-refractivity contribution in [3.8, 4) is 5.82 Å². The average molecular weight is 540 g/mol. The molecule has 2 heterocycles. The molecule has 0 atom stereocenters. The predicted octanol–water partition coefficient (Wildman–Crippen LogP) is 4.06. The van der Waals surface area contributed by atoms with Gasteiger partial charge in [0.15, 0.2) is 5.96 Å². The maximum Gasteiger partial charge on any atom is 0.191 e. The fourth-order valence-corrected chi connectivity index (χ4v) is 3.51. The van der Waals surface area contributed by atoms with Crippen LogP contribution in [0.3, 0.4) is 0 Å². The van der Waals surface area contributed by atoms with Crippen molar-refractivity contribution in [3.63, 3.8) is 0 Å². The Morgan fingerprint density at radius 2 is 1.93 bits per heavy atom. The van der Waals surface area contributed by atoms with Crippen LogP contribution in [0.5, 0.6) is 0 Å². The van der Waals surface area contributed by atoms with Crippen LogP contribution < -0.4 is 10.6 Å². The third-order valence-electron chi connectivity index (χ3n) is 4.48. The molecule has 0 spiro atoms. The largest absolute Gasteiger partial charge is 0.352 e. The summed E-state index contributed by atoms with van der Waals surface area (Å²) in [5.41, 5.74) is 3.10. The van der Waals surface area contributed by atoms with E-state index < -0.39 is 0 Å². The second-order valence-corrected chi connectivity index (χ2v) is 7.36. The van der Waals surface area contributed by atoms with E-state index in [1.165, 1.54) is 6.07 Å². The fraction of sp³-hybridized carbons (Fsp3) is 0.286. The van der Waals surface area contributed by atoms with Crippen LogP contribution in [0.1, 0.15) is 22.5 Å². The minimum atomic E-state index is -0.206. The van der Waals surface area contributed by atoms with Crippen LogP contribution in [0.25, 0.3) is 5.82 Å². The molecule has 6 nitrogen and oxygen atoms in total. The number of hydrogen-bond acceptors (Lipinski definition) is 4. The molecule has 0 bridgehead atoms. The number of rotatable bonds is 7. The lowest BCUT2D eigenvalue weighted by Gasteiger charge is -2.14. The quantitative estimate of drug-likeness (QED) is 0.269. The topological polar surface area (TPSA) is 67.1 Å². The highest BCUT2D eigenvalue weighted by molar-refractivity contribution is 14.0. The number of halogens is 2. The van der Waals surface area contributed by atoms with Crippen LogP contribution in [0.2, 0.25) is 0 Å². The molecule has 30 heavy (non-hydrogen) atoms. The molecule has 0 unspecified atom stereocenters. The Morgan fingerprint density at radius 3 is 2.57 bits per heavy atom. The summed E-state index contributed by atoms with van der Waals surface area (Å²) in [5.74, 6) is 2.98. The first kappa shape index (κ1) is 24.1. The van der Waals surface area contributed by atoms with E-state index >= 15 is 0 Å². The summed E-state index contributed by atoms with van der Waals surface area (Å²) in [6.45, 7) is 3.11. The number of hydrogen-bond donors (Lipinski definition) is 2. The van der Waals surface area contributed by atoms with Gasteiger partial charge in [0.1, 0.15) is 17.5 Å². The third kappa shape index (κ3) is 6.43. The molecule has 3 rings (SSSR count). The summed E-state index contributed by atoms with van der Waals surface area (Å²) < 4.78 is 15.4. The molecule has 0 saturated carbocycles. The summed E-state index contributed by atoms with van der Waals surface area (Å²) in [6.07, 6.45) is 7.50. The fourth-order valence-electron chi connectivity index (χ4n) is 2.93. The maximum atomic E-state index is 13.5. The number of thioether (sulfide) groups is 1. The molecular weight excluding hydrogens is 514 g/mol. The van der Waals surface area contributed by atoms with Gasteiger partial charge in [0.2, 0.25) is 0 Å². The number of nitrogens with zero attached hydrogens (tertiary/aromatic N) is 4. The third-order valence-corrected chi connectivity index (χ3v) is 5.08. The minimum Gasteiger partial charge on any atom is -0.352 e. The number of aryl methyl sites for hydroxylation is 1. The Balaban J connectivity index is 0.00000320. The van der Waals surface area contributed by atoms with Crippen LogP contribution >= 0.6 is 35.7 Å². The van der Waals surface area contributed by atoms with E-state index in [0.29, 0.717) is 19.0 Å². The normalized spacial score (nSPS) is 11.1. The van der Waals surface area contributed by atoms with Crippen molar-refractivity contribution in [1.29, 1.82) is 0 Å². The predicted molar refractivity (Wildman–Crippen MR) is 132 cm³/mol. The SMILES string of the molecule is CN=C(NCc1ccc(-n2ccnc2C)nc1)NCc1ccc(F)cc1CSC.I. The lowest BCUT2D eigenvalue weighted by Crippen LogP contribution is -2.36. The lowest BCUT2D eigenvalue weighted by molar-refractivity contribution is 0.625. The minimum absolute atomic E-state index is 0. The number of nitrogens with one attached hydrogen (secondary N) is 2. The molecule has 1 aromatic carbocycles. The highest BCUT2D eigenvalue weighted by Crippen LogP contribution is 2.16. The lowest BCUT2D eigenvalue weighted by atomic mass is 10.1. The van der Waals surface area contributed by atoms with Gasteiger partial charge in [0.25, 0.3) is 0 Å². The molecule has 0 aliphatic carbocycles. The summed E-state index contributed by atoms with van der Waals surface area (Å²) in [4.78, 5) is 13.0. The van der Waals surface area contributed by atoms with Gasteiger partial charge in [0, 0.05) is 44.5 Å². The molecule has 0 amide bonds. The Labute approximate surface area is 197 Å². The van der Waals surface area contributed by atoms with Crippen molar-refractivity contribution in [1.82, 2.24) is 25.2 Å². The van der Waals surface area contributed by atoms with E-state index in [-0.39, 0.29) is 29.8 Å². The summed E-state index contributed by atoms with van der Waals surface area (Å²) in [5, 5.41) is 6.57. The van der Waals surface area contributed by atoms with Crippen LogP contribution in [-0.2, 0) is 18.8 Å². The first-order chi connectivity index (χ1) is 14.1. The van der Waals surface area contributed by atoms with Gasteiger partial charge >= 0.3 is 0 Å². The molecule has 0 saturated heterocycles. The molecule has 160 valence electrons. The number of imidazole rings is 1. The van der Waals surface area contributed by atoms with Gasteiger partial charge in [-0.25, -0.2) is 14.4 Å². The summed E-state index contributed by atoms with van der Waals surface area (Å²) >= 11 is 1.67. The van der Waals surface area contributed by atoms with Crippen molar-refractivity contribution in [2.75, 3.05) is 13.3 Å². The van der Waals surface area contributed by atoms with E-state index in [9.17, 15) is 4.39 Å². The number of benzene rings is 1. The van der Waals surface area contributed by atoms with Gasteiger partial charge in [-0.05, 0) is 48.1 Å². The van der Waals surface area contributed by atoms with Gasteiger partial charge in [0.05, 0.1) is 0 Å². The molecule has 9 heteroatoms. The summed E-state index contributed by atoms with van der Waals surface area (Å²) in [6, 6.07) is 8.90. The molecular formula is C21H26FIN6S. The van der Waals surface area contributed by atoms with E-state index in [1.807, 2.05) is 48.3 Å². The molecule has 0 fully saturated rings. The van der Waals surface area contributed by atoms with Crippen molar-refractivity contribution in [2.24, 2.45) is 4.99 Å². The summed E-state index contributed by atoms with van der Waals surface area (Å²) in [7, 11) is 1.73. The molecule has 2 aromatic heterocycles. The Bertz CT molecular complexity index is 974. The van der Waals surface area contributed by atoms with Crippen LogP contribution in [0.4, 0.5) is 4.39 Å². The van der Waals surface area contributed by atoms with Gasteiger partial charge in [-0.3, -0.25) is 9.56 Å². The van der Waals surface area contributed by atoms with Crippen molar-refractivity contribution >= 4 is 41.7 Å². The first-order valence-corrected chi connectivity index (χ1v) is 10.7. The van der Waals surface area contributed by atoms with Crippen LogP contribution in [0.15, 0.2) is 53.9 Å². The van der Waals surface area contributed by atoms with Gasteiger partial charge in [-0.2, -0.15) is 11.8 Å². The zero-order chi connectivity index (χ0) is 20.6. The van der Waals surface area contributed by atoms with Gasteiger partial charge in [-0.1, -0.05) is 12.1 Å². The monoisotopic (exact) mass is 540 g/mol. The van der Waals surface area contributed by atoms with Crippen molar-refractivity contribution < 1.29 is 4.39 Å². The number of aromatic nitrogens is 3. The Morgan fingerprint density at radius 1 is 1.13 bits per heavy atom.